The number of carbonyl (C=O) groups excluding carboxylic acids is 2. The molecule has 0 aliphatic heterocycles. The average molecular weight is 308 g/mol. The maximum atomic E-state index is 12.5. The van der Waals surface area contributed by atoms with E-state index in [-0.39, 0.29) is 23.7 Å². The lowest BCUT2D eigenvalue weighted by atomic mass is 10.1. The molecule has 2 aliphatic carbocycles. The molecule has 0 bridgehead atoms. The fourth-order valence-electron chi connectivity index (χ4n) is 3.60. The first-order chi connectivity index (χ1) is 10.7. The van der Waals surface area contributed by atoms with Gasteiger partial charge in [-0.2, -0.15) is 0 Å². The molecule has 2 saturated carbocycles. The van der Waals surface area contributed by atoms with Gasteiger partial charge in [-0.1, -0.05) is 39.5 Å². The maximum absolute atomic E-state index is 12.5. The van der Waals surface area contributed by atoms with Crippen molar-refractivity contribution in [2.45, 2.75) is 77.7 Å². The third kappa shape index (κ3) is 4.72. The SMILES string of the molecule is CCCN(CCC)C(=O)C1CC1C(=O)NC1CCCCCC1. The van der Waals surface area contributed by atoms with E-state index in [1.165, 1.54) is 25.7 Å². The molecule has 126 valence electrons. The minimum atomic E-state index is -0.0630. The molecule has 0 heterocycles. The van der Waals surface area contributed by atoms with Gasteiger partial charge in [-0.3, -0.25) is 9.59 Å². The average Bonchev–Trinajstić information content (AvgIpc) is 3.31. The predicted octanol–water partition coefficient (Wildman–Crippen LogP) is 3.11. The van der Waals surface area contributed by atoms with E-state index in [1.807, 2.05) is 4.90 Å². The van der Waals surface area contributed by atoms with Gasteiger partial charge in [0.15, 0.2) is 0 Å². The summed E-state index contributed by atoms with van der Waals surface area (Å²) < 4.78 is 0. The lowest BCUT2D eigenvalue weighted by Gasteiger charge is -2.22. The molecule has 0 spiro atoms. The van der Waals surface area contributed by atoms with Crippen LogP contribution in [-0.2, 0) is 9.59 Å². The second-order valence-corrected chi connectivity index (χ2v) is 6.97. The summed E-state index contributed by atoms with van der Waals surface area (Å²) in [4.78, 5) is 26.8. The molecule has 0 aromatic heterocycles. The zero-order chi connectivity index (χ0) is 15.9. The first kappa shape index (κ1) is 17.3. The summed E-state index contributed by atoms with van der Waals surface area (Å²) in [5.74, 6) is 0.207. The summed E-state index contributed by atoms with van der Waals surface area (Å²) in [6.45, 7) is 5.83. The minimum absolute atomic E-state index is 0.0520. The first-order valence-corrected chi connectivity index (χ1v) is 9.26. The molecule has 2 fully saturated rings. The van der Waals surface area contributed by atoms with Gasteiger partial charge in [0.05, 0.1) is 11.8 Å². The Kier molecular flexibility index (Phi) is 6.71. The maximum Gasteiger partial charge on any atom is 0.226 e. The van der Waals surface area contributed by atoms with Crippen LogP contribution in [0.2, 0.25) is 0 Å². The summed E-state index contributed by atoms with van der Waals surface area (Å²) in [5, 5.41) is 3.20. The van der Waals surface area contributed by atoms with Crippen LogP contribution in [0.25, 0.3) is 0 Å². The predicted molar refractivity (Wildman–Crippen MR) is 88.4 cm³/mol. The lowest BCUT2D eigenvalue weighted by Crippen LogP contribution is -2.38. The van der Waals surface area contributed by atoms with Gasteiger partial charge in [-0.15, -0.1) is 0 Å². The van der Waals surface area contributed by atoms with E-state index in [1.54, 1.807) is 0 Å². The fourth-order valence-corrected chi connectivity index (χ4v) is 3.60. The second kappa shape index (κ2) is 8.54. The summed E-state index contributed by atoms with van der Waals surface area (Å²) in [6.07, 6.45) is 9.96. The Morgan fingerprint density at radius 3 is 2.09 bits per heavy atom. The van der Waals surface area contributed by atoms with Gasteiger partial charge >= 0.3 is 0 Å². The monoisotopic (exact) mass is 308 g/mol. The molecule has 0 radical (unpaired) electrons. The van der Waals surface area contributed by atoms with Gasteiger partial charge in [0.2, 0.25) is 11.8 Å². The largest absolute Gasteiger partial charge is 0.353 e. The molecule has 2 unspecified atom stereocenters. The van der Waals surface area contributed by atoms with E-state index in [4.69, 9.17) is 0 Å². The highest BCUT2D eigenvalue weighted by Gasteiger charge is 2.49. The molecule has 2 atom stereocenters. The summed E-state index contributed by atoms with van der Waals surface area (Å²) >= 11 is 0. The summed E-state index contributed by atoms with van der Waals surface area (Å²) in [6, 6.07) is 0.341. The molecule has 1 N–H and O–H groups in total. The van der Waals surface area contributed by atoms with Gasteiger partial charge in [0.1, 0.15) is 0 Å². The van der Waals surface area contributed by atoms with E-state index >= 15 is 0 Å². The summed E-state index contributed by atoms with van der Waals surface area (Å²) in [5.41, 5.74) is 0. The van der Waals surface area contributed by atoms with Crippen molar-refractivity contribution < 1.29 is 9.59 Å². The third-order valence-corrected chi connectivity index (χ3v) is 4.94. The van der Waals surface area contributed by atoms with E-state index < -0.39 is 0 Å². The number of hydrogen-bond donors (Lipinski definition) is 1. The minimum Gasteiger partial charge on any atom is -0.353 e. The van der Waals surface area contributed by atoms with Crippen LogP contribution in [0.1, 0.15) is 71.6 Å². The zero-order valence-electron chi connectivity index (χ0n) is 14.3. The van der Waals surface area contributed by atoms with Crippen LogP contribution in [0.15, 0.2) is 0 Å². The molecule has 2 aliphatic rings. The smallest absolute Gasteiger partial charge is 0.226 e. The van der Waals surface area contributed by atoms with Crippen molar-refractivity contribution in [2.75, 3.05) is 13.1 Å². The van der Waals surface area contributed by atoms with E-state index in [2.05, 4.69) is 19.2 Å². The highest BCUT2D eigenvalue weighted by Crippen LogP contribution is 2.40. The van der Waals surface area contributed by atoms with Gasteiger partial charge in [-0.05, 0) is 32.1 Å². The van der Waals surface area contributed by atoms with Crippen molar-refractivity contribution in [3.63, 3.8) is 0 Å². The Morgan fingerprint density at radius 2 is 1.55 bits per heavy atom. The molecule has 0 aromatic rings. The first-order valence-electron chi connectivity index (χ1n) is 9.26. The van der Waals surface area contributed by atoms with Crippen molar-refractivity contribution in [3.8, 4) is 0 Å². The Balaban J connectivity index is 1.79. The topological polar surface area (TPSA) is 49.4 Å². The van der Waals surface area contributed by atoms with Crippen LogP contribution in [0.3, 0.4) is 0 Å². The Morgan fingerprint density at radius 1 is 0.955 bits per heavy atom. The van der Waals surface area contributed by atoms with Gasteiger partial charge in [0.25, 0.3) is 0 Å². The van der Waals surface area contributed by atoms with Crippen molar-refractivity contribution >= 4 is 11.8 Å². The molecule has 4 heteroatoms. The van der Waals surface area contributed by atoms with Crippen LogP contribution in [0.5, 0.6) is 0 Å². The molecular weight excluding hydrogens is 276 g/mol. The zero-order valence-corrected chi connectivity index (χ0v) is 14.3. The van der Waals surface area contributed by atoms with Crippen LogP contribution in [-0.4, -0.2) is 35.8 Å². The lowest BCUT2D eigenvalue weighted by molar-refractivity contribution is -0.135. The third-order valence-electron chi connectivity index (χ3n) is 4.94. The van der Waals surface area contributed by atoms with Crippen molar-refractivity contribution in [1.29, 1.82) is 0 Å². The Bertz CT molecular complexity index is 369. The van der Waals surface area contributed by atoms with Gasteiger partial charge in [-0.25, -0.2) is 0 Å². The summed E-state index contributed by atoms with van der Waals surface area (Å²) in [7, 11) is 0. The molecule has 0 saturated heterocycles. The Labute approximate surface area is 135 Å². The Hall–Kier alpha value is -1.06. The number of nitrogens with one attached hydrogen (secondary N) is 1. The van der Waals surface area contributed by atoms with Crippen LogP contribution in [0, 0.1) is 11.8 Å². The van der Waals surface area contributed by atoms with Gasteiger partial charge in [0, 0.05) is 19.1 Å². The number of carbonyl (C=O) groups is 2. The standard InChI is InChI=1S/C18H32N2O2/c1-3-11-20(12-4-2)18(22)16-13-15(16)17(21)19-14-9-7-5-6-8-10-14/h14-16H,3-13H2,1-2H3,(H,19,21). The van der Waals surface area contributed by atoms with E-state index in [0.717, 1.165) is 45.2 Å². The van der Waals surface area contributed by atoms with Crippen molar-refractivity contribution in [1.82, 2.24) is 10.2 Å². The molecule has 2 amide bonds. The van der Waals surface area contributed by atoms with Gasteiger partial charge < -0.3 is 10.2 Å². The molecule has 4 nitrogen and oxygen atoms in total. The highest BCUT2D eigenvalue weighted by molar-refractivity contribution is 5.92. The normalized spacial score (nSPS) is 25.4. The van der Waals surface area contributed by atoms with Crippen molar-refractivity contribution in [2.24, 2.45) is 11.8 Å². The molecule has 22 heavy (non-hydrogen) atoms. The number of rotatable bonds is 7. The fraction of sp³-hybridized carbons (Fsp3) is 0.889. The van der Waals surface area contributed by atoms with E-state index in [9.17, 15) is 9.59 Å². The van der Waals surface area contributed by atoms with Crippen LogP contribution < -0.4 is 5.32 Å². The molecule has 2 rings (SSSR count). The highest BCUT2D eigenvalue weighted by atomic mass is 16.2. The van der Waals surface area contributed by atoms with Crippen molar-refractivity contribution in [3.05, 3.63) is 0 Å². The number of amides is 2. The number of hydrogen-bond acceptors (Lipinski definition) is 2. The van der Waals surface area contributed by atoms with Crippen LogP contribution >= 0.6 is 0 Å². The molecule has 0 aromatic carbocycles. The second-order valence-electron chi connectivity index (χ2n) is 6.97. The molecular formula is C18H32N2O2. The van der Waals surface area contributed by atoms with E-state index in [0.29, 0.717) is 6.04 Å². The quantitative estimate of drug-likeness (QED) is 0.735. The van der Waals surface area contributed by atoms with Crippen LogP contribution in [0.4, 0.5) is 0 Å². The number of nitrogens with zero attached hydrogens (tertiary/aromatic N) is 1.